The van der Waals surface area contributed by atoms with E-state index in [1.54, 1.807) is 11.8 Å². The third-order valence-corrected chi connectivity index (χ3v) is 5.90. The Kier molecular flexibility index (Phi) is 5.10. The smallest absolute Gasteiger partial charge is 0.275 e. The maximum absolute atomic E-state index is 13.0. The molecule has 0 aliphatic rings. The molecular formula is C26H19N3OS. The van der Waals surface area contributed by atoms with Gasteiger partial charge in [-0.25, -0.2) is 9.97 Å². The van der Waals surface area contributed by atoms with Gasteiger partial charge in [0.2, 0.25) is 0 Å². The lowest BCUT2D eigenvalue weighted by molar-refractivity contribution is 1.17. The minimum atomic E-state index is -0.236. The monoisotopic (exact) mass is 421 g/mol. The Morgan fingerprint density at radius 2 is 1.58 bits per heavy atom. The van der Waals surface area contributed by atoms with Gasteiger partial charge in [-0.3, -0.25) is 4.79 Å². The normalized spacial score (nSPS) is 11.8. The average Bonchev–Trinajstić information content (AvgIpc) is 2.82. The van der Waals surface area contributed by atoms with Crippen molar-refractivity contribution < 1.29 is 0 Å². The van der Waals surface area contributed by atoms with Crippen LogP contribution in [0.3, 0.4) is 0 Å². The molecule has 0 unspecified atom stereocenters. The second kappa shape index (κ2) is 8.20. The number of H-pyrrole nitrogens is 1. The third kappa shape index (κ3) is 3.88. The molecule has 3 aromatic carbocycles. The minimum Gasteiger partial charge on any atom is -0.319 e. The molecule has 5 rings (SSSR count). The summed E-state index contributed by atoms with van der Waals surface area (Å²) in [5.41, 5.74) is 4.83. The molecule has 2 heterocycles. The van der Waals surface area contributed by atoms with Gasteiger partial charge in [0.15, 0.2) is 0 Å². The fourth-order valence-corrected chi connectivity index (χ4v) is 3.97. The highest BCUT2D eigenvalue weighted by molar-refractivity contribution is 7.98. The molecule has 0 spiro atoms. The van der Waals surface area contributed by atoms with Crippen molar-refractivity contribution in [1.29, 1.82) is 0 Å². The molecule has 0 saturated heterocycles. The van der Waals surface area contributed by atoms with Crippen LogP contribution < -0.4 is 5.56 Å². The molecule has 0 fully saturated rings. The van der Waals surface area contributed by atoms with E-state index in [0.717, 1.165) is 22.0 Å². The topological polar surface area (TPSA) is 58.6 Å². The van der Waals surface area contributed by atoms with E-state index in [2.05, 4.69) is 17.1 Å². The molecule has 31 heavy (non-hydrogen) atoms. The van der Waals surface area contributed by atoms with Crippen molar-refractivity contribution in [2.75, 3.05) is 6.26 Å². The number of benzene rings is 3. The van der Waals surface area contributed by atoms with Gasteiger partial charge in [0.25, 0.3) is 5.56 Å². The van der Waals surface area contributed by atoms with Crippen LogP contribution in [0, 0.1) is 0 Å². The molecule has 0 bridgehead atoms. The van der Waals surface area contributed by atoms with Crippen LogP contribution in [0.5, 0.6) is 0 Å². The van der Waals surface area contributed by atoms with Crippen molar-refractivity contribution in [2.45, 2.75) is 4.90 Å². The van der Waals surface area contributed by atoms with Gasteiger partial charge < -0.3 is 4.98 Å². The molecule has 4 nitrogen and oxygen atoms in total. The van der Waals surface area contributed by atoms with E-state index in [4.69, 9.17) is 9.97 Å². The number of hydrogen-bond donors (Lipinski definition) is 1. The van der Waals surface area contributed by atoms with E-state index < -0.39 is 0 Å². The zero-order valence-corrected chi connectivity index (χ0v) is 17.7. The Morgan fingerprint density at radius 1 is 0.839 bits per heavy atom. The van der Waals surface area contributed by atoms with Gasteiger partial charge in [0.05, 0.1) is 22.2 Å². The number of hydrogen-bond acceptors (Lipinski definition) is 4. The molecule has 5 heteroatoms. The number of rotatable bonds is 4. The predicted molar refractivity (Wildman–Crippen MR) is 129 cm³/mol. The summed E-state index contributed by atoms with van der Waals surface area (Å²) in [6, 6.07) is 27.7. The summed E-state index contributed by atoms with van der Waals surface area (Å²) in [6.07, 6.45) is 4.03. The van der Waals surface area contributed by atoms with E-state index in [-0.39, 0.29) is 5.56 Å². The maximum Gasteiger partial charge on any atom is 0.275 e. The van der Waals surface area contributed by atoms with E-state index in [1.165, 1.54) is 4.90 Å². The van der Waals surface area contributed by atoms with Gasteiger partial charge in [0.1, 0.15) is 5.69 Å². The van der Waals surface area contributed by atoms with Gasteiger partial charge in [-0.15, -0.1) is 11.8 Å². The summed E-state index contributed by atoms with van der Waals surface area (Å²) in [5, 5.41) is 1.05. The summed E-state index contributed by atoms with van der Waals surface area (Å²) in [6.45, 7) is 0. The van der Waals surface area contributed by atoms with Crippen molar-refractivity contribution >= 4 is 45.3 Å². The Bertz CT molecular complexity index is 1490. The fourth-order valence-electron chi connectivity index (χ4n) is 3.56. The Balaban J connectivity index is 1.74. The first-order valence-corrected chi connectivity index (χ1v) is 11.1. The van der Waals surface area contributed by atoms with Crippen molar-refractivity contribution in [3.8, 4) is 0 Å². The summed E-state index contributed by atoms with van der Waals surface area (Å²) < 4.78 is 0. The molecular weight excluding hydrogens is 402 g/mol. The Labute approximate surface area is 183 Å². The zero-order chi connectivity index (χ0) is 21.2. The van der Waals surface area contributed by atoms with Crippen LogP contribution in [0.25, 0.3) is 33.6 Å². The van der Waals surface area contributed by atoms with Crippen LogP contribution in [0.1, 0.15) is 17.0 Å². The van der Waals surface area contributed by atoms with Gasteiger partial charge in [0, 0.05) is 15.9 Å². The summed E-state index contributed by atoms with van der Waals surface area (Å²) >= 11 is 1.69. The number of aromatic nitrogens is 3. The van der Waals surface area contributed by atoms with Crippen LogP contribution >= 0.6 is 11.8 Å². The highest BCUT2D eigenvalue weighted by Gasteiger charge is 2.15. The highest BCUT2D eigenvalue weighted by Crippen LogP contribution is 2.25. The standard InChI is InChI=1S/C26H19N3OS/c1-31-19-13-10-17(11-14-19)16-20(22-15-12-18-6-2-3-7-21(18)27-22)25-26(30)29-24-9-5-4-8-23(24)28-25/h2-16H,1H3,(H,29,30)/b20-16-. The summed E-state index contributed by atoms with van der Waals surface area (Å²) in [7, 11) is 0. The van der Waals surface area contributed by atoms with Crippen molar-refractivity contribution in [3.63, 3.8) is 0 Å². The first-order chi connectivity index (χ1) is 15.2. The first kappa shape index (κ1) is 19.3. The van der Waals surface area contributed by atoms with Gasteiger partial charge in [-0.1, -0.05) is 48.5 Å². The van der Waals surface area contributed by atoms with Crippen molar-refractivity contribution in [2.24, 2.45) is 0 Å². The molecule has 5 aromatic rings. The molecule has 150 valence electrons. The molecule has 1 N–H and O–H groups in total. The maximum atomic E-state index is 13.0. The van der Waals surface area contributed by atoms with Crippen LogP contribution in [0.2, 0.25) is 0 Å². The van der Waals surface area contributed by atoms with E-state index in [1.807, 2.05) is 85.1 Å². The zero-order valence-electron chi connectivity index (χ0n) is 16.9. The Morgan fingerprint density at radius 3 is 2.39 bits per heavy atom. The van der Waals surface area contributed by atoms with E-state index >= 15 is 0 Å². The minimum absolute atomic E-state index is 0.236. The molecule has 0 amide bonds. The van der Waals surface area contributed by atoms with Crippen molar-refractivity contribution in [3.05, 3.63) is 112 Å². The molecule has 0 atom stereocenters. The lowest BCUT2D eigenvalue weighted by Crippen LogP contribution is -2.15. The summed E-state index contributed by atoms with van der Waals surface area (Å²) in [4.78, 5) is 26.7. The quantitative estimate of drug-likeness (QED) is 0.374. The predicted octanol–water partition coefficient (Wildman–Crippen LogP) is 5.78. The van der Waals surface area contributed by atoms with Crippen LogP contribution in [0.4, 0.5) is 0 Å². The second-order valence-corrected chi connectivity index (χ2v) is 8.03. The van der Waals surface area contributed by atoms with Crippen molar-refractivity contribution in [1.82, 2.24) is 15.0 Å². The number of pyridine rings is 1. The number of nitrogens with zero attached hydrogens (tertiary/aromatic N) is 2. The number of aromatic amines is 1. The molecule has 2 aromatic heterocycles. The van der Waals surface area contributed by atoms with E-state index in [9.17, 15) is 4.79 Å². The van der Waals surface area contributed by atoms with Crippen LogP contribution in [-0.4, -0.2) is 21.2 Å². The number of thioether (sulfide) groups is 1. The number of nitrogens with one attached hydrogen (secondary N) is 1. The van der Waals surface area contributed by atoms with Crippen LogP contribution in [-0.2, 0) is 0 Å². The third-order valence-electron chi connectivity index (χ3n) is 5.16. The number of fused-ring (bicyclic) bond motifs is 2. The molecule has 0 saturated carbocycles. The molecule has 0 radical (unpaired) electrons. The number of para-hydroxylation sites is 3. The SMILES string of the molecule is CSc1ccc(/C=C(/c2ccc3ccccc3n2)c2nc3ccccc3[nH]c2=O)cc1. The molecule has 0 aliphatic carbocycles. The lowest BCUT2D eigenvalue weighted by atomic mass is 10.0. The first-order valence-electron chi connectivity index (χ1n) is 9.93. The van der Waals surface area contributed by atoms with Crippen LogP contribution in [0.15, 0.2) is 94.6 Å². The Hall–Kier alpha value is -3.70. The summed E-state index contributed by atoms with van der Waals surface area (Å²) in [5.74, 6) is 0. The molecule has 0 aliphatic heterocycles. The highest BCUT2D eigenvalue weighted by atomic mass is 32.2. The second-order valence-electron chi connectivity index (χ2n) is 7.15. The fraction of sp³-hybridized carbons (Fsp3) is 0.0385. The lowest BCUT2D eigenvalue weighted by Gasteiger charge is -2.09. The van der Waals surface area contributed by atoms with Gasteiger partial charge in [-0.2, -0.15) is 0 Å². The van der Waals surface area contributed by atoms with Gasteiger partial charge in [-0.05, 0) is 54.3 Å². The largest absolute Gasteiger partial charge is 0.319 e. The average molecular weight is 422 g/mol. The van der Waals surface area contributed by atoms with Gasteiger partial charge >= 0.3 is 0 Å². The van der Waals surface area contributed by atoms with E-state index in [0.29, 0.717) is 22.5 Å².